The number of carbonyl (C=O) groups excluding carboxylic acids is 1. The third-order valence-electron chi connectivity index (χ3n) is 5.87. The molecule has 1 nitrogen and oxygen atoms in total. The summed E-state index contributed by atoms with van der Waals surface area (Å²) in [5, 5.41) is 1.56. The molecule has 144 valence electrons. The second-order valence-corrected chi connectivity index (χ2v) is 7.52. The van der Waals surface area contributed by atoms with Crippen molar-refractivity contribution >= 4 is 16.6 Å². The number of benzene rings is 3. The summed E-state index contributed by atoms with van der Waals surface area (Å²) >= 11 is 0. The molecule has 0 aromatic heterocycles. The number of carbonyl (C=O) groups is 1. The lowest BCUT2D eigenvalue weighted by atomic mass is 9.75. The molecule has 0 amide bonds. The number of fused-ring (bicyclic) bond motifs is 2. The lowest BCUT2D eigenvalue weighted by Crippen LogP contribution is -2.47. The molecule has 1 aliphatic carbocycles. The molecule has 3 aromatic rings. The first-order chi connectivity index (χ1) is 13.4. The van der Waals surface area contributed by atoms with Crippen molar-refractivity contribution in [3.63, 3.8) is 0 Å². The first-order valence-corrected chi connectivity index (χ1v) is 9.60. The zero-order valence-corrected chi connectivity index (χ0v) is 15.6. The maximum absolute atomic E-state index is 14.5. The quantitative estimate of drug-likeness (QED) is 0.509. The fourth-order valence-electron chi connectivity index (χ4n) is 4.31. The van der Waals surface area contributed by atoms with Gasteiger partial charge in [0.15, 0.2) is 11.2 Å². The normalized spacial score (nSPS) is 19.2. The Bertz CT molecular complexity index is 1050. The first kappa shape index (κ1) is 18.7. The molecule has 0 heterocycles. The van der Waals surface area contributed by atoms with Gasteiger partial charge in [0.1, 0.15) is 0 Å². The van der Waals surface area contributed by atoms with Crippen molar-refractivity contribution in [2.24, 2.45) is 0 Å². The number of halogens is 3. The van der Waals surface area contributed by atoms with Crippen molar-refractivity contribution in [3.05, 3.63) is 82.9 Å². The minimum absolute atomic E-state index is 0.0290. The maximum atomic E-state index is 14.5. The Hall–Kier alpha value is -2.62. The molecule has 4 heteroatoms. The van der Waals surface area contributed by atoms with Crippen LogP contribution in [0.25, 0.3) is 10.8 Å². The maximum Gasteiger partial charge on any atom is 0.405 e. The SMILES string of the molecule is CCCCc1cccc2c1CC(c1ccc3ccccc3c1)(C(F)(F)F)C2=O. The fraction of sp³-hybridized carbons (Fsp3) is 0.292. The lowest BCUT2D eigenvalue weighted by molar-refractivity contribution is -0.173. The minimum Gasteiger partial charge on any atom is -0.293 e. The highest BCUT2D eigenvalue weighted by molar-refractivity contribution is 6.09. The van der Waals surface area contributed by atoms with Gasteiger partial charge in [0.2, 0.25) is 0 Å². The Morgan fingerprint density at radius 3 is 2.43 bits per heavy atom. The van der Waals surface area contributed by atoms with Crippen molar-refractivity contribution in [2.75, 3.05) is 0 Å². The van der Waals surface area contributed by atoms with E-state index in [-0.39, 0.29) is 17.5 Å². The topological polar surface area (TPSA) is 17.1 Å². The van der Waals surface area contributed by atoms with E-state index in [0.29, 0.717) is 17.4 Å². The Labute approximate surface area is 162 Å². The Morgan fingerprint density at radius 2 is 1.71 bits per heavy atom. The second-order valence-electron chi connectivity index (χ2n) is 7.52. The highest BCUT2D eigenvalue weighted by atomic mass is 19.4. The van der Waals surface area contributed by atoms with Crippen molar-refractivity contribution in [1.82, 2.24) is 0 Å². The van der Waals surface area contributed by atoms with Crippen LogP contribution >= 0.6 is 0 Å². The van der Waals surface area contributed by atoms with E-state index in [1.54, 1.807) is 30.3 Å². The molecule has 1 atom stereocenters. The van der Waals surface area contributed by atoms with E-state index in [2.05, 4.69) is 0 Å². The summed E-state index contributed by atoms with van der Waals surface area (Å²) < 4.78 is 43.4. The van der Waals surface area contributed by atoms with Crippen LogP contribution in [0.2, 0.25) is 0 Å². The van der Waals surface area contributed by atoms with Crippen LogP contribution in [0.5, 0.6) is 0 Å². The van der Waals surface area contributed by atoms with Crippen LogP contribution in [0, 0.1) is 0 Å². The first-order valence-electron chi connectivity index (χ1n) is 9.60. The van der Waals surface area contributed by atoms with Crippen LogP contribution in [-0.4, -0.2) is 12.0 Å². The molecule has 1 unspecified atom stereocenters. The Balaban J connectivity index is 1.90. The average Bonchev–Trinajstić information content (AvgIpc) is 3.00. The highest BCUT2D eigenvalue weighted by Crippen LogP contribution is 2.51. The Kier molecular flexibility index (Phi) is 4.53. The van der Waals surface area contributed by atoms with Crippen LogP contribution in [0.3, 0.4) is 0 Å². The fourth-order valence-corrected chi connectivity index (χ4v) is 4.31. The van der Waals surface area contributed by atoms with Crippen molar-refractivity contribution in [3.8, 4) is 0 Å². The molecule has 0 saturated heterocycles. The predicted octanol–water partition coefficient (Wildman–Crippen LogP) is 6.42. The van der Waals surface area contributed by atoms with Gasteiger partial charge in [-0.1, -0.05) is 67.9 Å². The number of unbranched alkanes of at least 4 members (excludes halogenated alkanes) is 1. The number of hydrogen-bond donors (Lipinski definition) is 0. The predicted molar refractivity (Wildman–Crippen MR) is 105 cm³/mol. The number of Topliss-reactive ketones (excluding diaryl/α,β-unsaturated/α-hetero) is 1. The smallest absolute Gasteiger partial charge is 0.293 e. The number of aryl methyl sites for hydroxylation is 1. The summed E-state index contributed by atoms with van der Waals surface area (Å²) in [6, 6.07) is 17.0. The highest BCUT2D eigenvalue weighted by Gasteiger charge is 2.64. The summed E-state index contributed by atoms with van der Waals surface area (Å²) in [5.74, 6) is -0.830. The summed E-state index contributed by atoms with van der Waals surface area (Å²) in [7, 11) is 0. The van der Waals surface area contributed by atoms with E-state index in [1.165, 1.54) is 12.1 Å². The molecular weight excluding hydrogens is 361 g/mol. The zero-order chi connectivity index (χ0) is 19.9. The van der Waals surface area contributed by atoms with Crippen molar-refractivity contribution in [1.29, 1.82) is 0 Å². The molecule has 0 N–H and O–H groups in total. The molecule has 0 spiro atoms. The number of rotatable bonds is 4. The van der Waals surface area contributed by atoms with Gasteiger partial charge >= 0.3 is 6.18 Å². The van der Waals surface area contributed by atoms with Gasteiger partial charge in [0.05, 0.1) is 0 Å². The summed E-state index contributed by atoms with van der Waals surface area (Å²) in [6.07, 6.45) is -2.46. The van der Waals surface area contributed by atoms with Crippen molar-refractivity contribution in [2.45, 2.75) is 44.2 Å². The number of alkyl halides is 3. The van der Waals surface area contributed by atoms with Crippen LogP contribution in [0.15, 0.2) is 60.7 Å². The summed E-state index contributed by atoms with van der Waals surface area (Å²) in [5.41, 5.74) is -0.840. The molecule has 0 bridgehead atoms. The van der Waals surface area contributed by atoms with Gasteiger partial charge in [0, 0.05) is 5.56 Å². The van der Waals surface area contributed by atoms with Crippen LogP contribution in [0.4, 0.5) is 13.2 Å². The van der Waals surface area contributed by atoms with Gasteiger partial charge in [0.25, 0.3) is 0 Å². The Morgan fingerprint density at radius 1 is 0.964 bits per heavy atom. The molecule has 0 radical (unpaired) electrons. The molecule has 0 saturated carbocycles. The average molecular weight is 382 g/mol. The van der Waals surface area contributed by atoms with E-state index in [1.807, 2.05) is 25.1 Å². The van der Waals surface area contributed by atoms with E-state index >= 15 is 0 Å². The van der Waals surface area contributed by atoms with Crippen LogP contribution < -0.4 is 0 Å². The van der Waals surface area contributed by atoms with Gasteiger partial charge in [-0.25, -0.2) is 0 Å². The van der Waals surface area contributed by atoms with Gasteiger partial charge < -0.3 is 0 Å². The van der Waals surface area contributed by atoms with E-state index in [4.69, 9.17) is 0 Å². The third kappa shape index (κ3) is 2.74. The van der Waals surface area contributed by atoms with Gasteiger partial charge in [-0.2, -0.15) is 13.2 Å². The van der Waals surface area contributed by atoms with Crippen molar-refractivity contribution < 1.29 is 18.0 Å². The summed E-state index contributed by atoms with van der Waals surface area (Å²) in [6.45, 7) is 2.05. The van der Waals surface area contributed by atoms with Gasteiger partial charge in [-0.15, -0.1) is 0 Å². The number of ketones is 1. The second kappa shape index (κ2) is 6.77. The van der Waals surface area contributed by atoms with E-state index in [9.17, 15) is 18.0 Å². The van der Waals surface area contributed by atoms with Crippen LogP contribution in [0.1, 0.15) is 46.8 Å². The van der Waals surface area contributed by atoms with E-state index < -0.39 is 17.4 Å². The molecule has 0 fully saturated rings. The monoisotopic (exact) mass is 382 g/mol. The minimum atomic E-state index is -4.67. The molecule has 0 aliphatic heterocycles. The standard InChI is InChI=1S/C24H21F3O/c1-2-3-7-17-10-6-11-20-21(17)15-23(22(20)28,24(25,26)27)19-13-12-16-8-4-5-9-18(16)14-19/h4-6,8-14H,2-3,7,15H2,1H3. The van der Waals surface area contributed by atoms with Gasteiger partial charge in [-0.05, 0) is 52.8 Å². The zero-order valence-electron chi connectivity index (χ0n) is 15.6. The molecular formula is C24H21F3O. The lowest BCUT2D eigenvalue weighted by Gasteiger charge is -2.31. The number of hydrogen-bond acceptors (Lipinski definition) is 1. The molecule has 1 aliphatic rings. The van der Waals surface area contributed by atoms with Crippen LogP contribution in [-0.2, 0) is 18.3 Å². The largest absolute Gasteiger partial charge is 0.405 e. The molecule has 4 rings (SSSR count). The van der Waals surface area contributed by atoms with E-state index in [0.717, 1.165) is 23.8 Å². The molecule has 28 heavy (non-hydrogen) atoms. The summed E-state index contributed by atoms with van der Waals surface area (Å²) in [4.78, 5) is 13.2. The van der Waals surface area contributed by atoms with Gasteiger partial charge in [-0.3, -0.25) is 4.79 Å². The molecule has 3 aromatic carbocycles. The third-order valence-corrected chi connectivity index (χ3v) is 5.87.